The van der Waals surface area contributed by atoms with Crippen LogP contribution in [0.15, 0.2) is 34.4 Å². The number of hydrogen-bond donors (Lipinski definition) is 1. The molecule has 1 N–H and O–H groups in total. The fraction of sp³-hybridized carbons (Fsp3) is 0.312. The molecule has 1 amide bonds. The zero-order valence-corrected chi connectivity index (χ0v) is 14.9. The number of ether oxygens (including phenoxy) is 2. The fourth-order valence-corrected chi connectivity index (χ4v) is 2.79. The zero-order chi connectivity index (χ0) is 20.0. The molecule has 0 saturated carbocycles. The van der Waals surface area contributed by atoms with E-state index in [0.29, 0.717) is 0 Å². The highest BCUT2D eigenvalue weighted by molar-refractivity contribution is 7.07. The minimum atomic E-state index is -4.80. The smallest absolute Gasteiger partial charge is 0.456 e. The van der Waals surface area contributed by atoms with Gasteiger partial charge < -0.3 is 19.4 Å². The van der Waals surface area contributed by atoms with Crippen molar-refractivity contribution in [3.8, 4) is 5.75 Å². The van der Waals surface area contributed by atoms with E-state index in [1.165, 1.54) is 16.7 Å². The Morgan fingerprint density at radius 1 is 1.22 bits per heavy atom. The van der Waals surface area contributed by atoms with Crippen molar-refractivity contribution < 1.29 is 32.2 Å². The molecule has 27 heavy (non-hydrogen) atoms. The minimum Gasteiger partial charge on any atom is -0.456 e. The van der Waals surface area contributed by atoms with E-state index in [9.17, 15) is 27.6 Å². The molecule has 1 aromatic heterocycles. The monoisotopic (exact) mass is 404 g/mol. The van der Waals surface area contributed by atoms with Crippen molar-refractivity contribution in [2.45, 2.75) is 26.3 Å². The highest BCUT2D eigenvalue weighted by atomic mass is 32.1. The summed E-state index contributed by atoms with van der Waals surface area (Å²) in [6, 6.07) is 4.51. The summed E-state index contributed by atoms with van der Waals surface area (Å²) in [7, 11) is 0. The Bertz CT molecular complexity index is 858. The molecular weight excluding hydrogens is 389 g/mol. The molecule has 2 rings (SSSR count). The van der Waals surface area contributed by atoms with Gasteiger partial charge in [0.15, 0.2) is 6.61 Å². The Balaban J connectivity index is 1.75. The van der Waals surface area contributed by atoms with Gasteiger partial charge in [0, 0.05) is 23.3 Å². The number of aryl methyl sites for hydroxylation is 1. The molecule has 2 aromatic rings. The van der Waals surface area contributed by atoms with Crippen molar-refractivity contribution in [2.24, 2.45) is 0 Å². The standard InChI is InChI=1S/C16H15F3N2O5S/c1-10-9-27-15(24)21(10)7-6-14(23)25-8-13(22)20-11-2-4-12(5-3-11)26-16(17,18)19/h2-5,9H,6-8H2,1H3,(H,20,22). The maximum absolute atomic E-state index is 12.1. The van der Waals surface area contributed by atoms with Crippen LogP contribution in [0, 0.1) is 6.92 Å². The Morgan fingerprint density at radius 3 is 2.44 bits per heavy atom. The Kier molecular flexibility index (Phi) is 6.61. The lowest BCUT2D eigenvalue weighted by Gasteiger charge is -2.10. The second-order valence-electron chi connectivity index (χ2n) is 5.33. The average molecular weight is 404 g/mol. The van der Waals surface area contributed by atoms with Crippen LogP contribution in [0.3, 0.4) is 0 Å². The lowest BCUT2D eigenvalue weighted by molar-refractivity contribution is -0.274. The van der Waals surface area contributed by atoms with Crippen LogP contribution in [0.25, 0.3) is 0 Å². The van der Waals surface area contributed by atoms with Gasteiger partial charge in [-0.05, 0) is 31.2 Å². The van der Waals surface area contributed by atoms with Crippen LogP contribution in [0.2, 0.25) is 0 Å². The number of hydrogen-bond acceptors (Lipinski definition) is 6. The van der Waals surface area contributed by atoms with E-state index in [0.717, 1.165) is 29.2 Å². The maximum Gasteiger partial charge on any atom is 0.573 e. The number of nitrogens with zero attached hydrogens (tertiary/aromatic N) is 1. The van der Waals surface area contributed by atoms with Crippen LogP contribution in [-0.2, 0) is 20.9 Å². The third-order valence-corrected chi connectivity index (χ3v) is 4.13. The number of alkyl halides is 3. The number of thiazole rings is 1. The lowest BCUT2D eigenvalue weighted by Crippen LogP contribution is -2.22. The normalized spacial score (nSPS) is 11.1. The first-order chi connectivity index (χ1) is 12.6. The molecule has 7 nitrogen and oxygen atoms in total. The molecule has 0 aliphatic carbocycles. The first-order valence-electron chi connectivity index (χ1n) is 7.60. The van der Waals surface area contributed by atoms with Crippen molar-refractivity contribution in [1.29, 1.82) is 0 Å². The summed E-state index contributed by atoms with van der Waals surface area (Å²) in [5, 5.41) is 4.04. The minimum absolute atomic E-state index is 0.0752. The molecule has 0 aliphatic rings. The summed E-state index contributed by atoms with van der Waals surface area (Å²) in [4.78, 5) is 34.7. The third kappa shape index (κ3) is 6.77. The topological polar surface area (TPSA) is 86.6 Å². The van der Waals surface area contributed by atoms with Crippen LogP contribution < -0.4 is 14.9 Å². The molecule has 0 fully saturated rings. The summed E-state index contributed by atoms with van der Waals surface area (Å²) in [5.74, 6) is -1.74. The molecule has 0 unspecified atom stereocenters. The van der Waals surface area contributed by atoms with Crippen molar-refractivity contribution in [3.63, 3.8) is 0 Å². The van der Waals surface area contributed by atoms with Gasteiger partial charge in [0.1, 0.15) is 5.75 Å². The quantitative estimate of drug-likeness (QED) is 0.717. The van der Waals surface area contributed by atoms with Gasteiger partial charge >= 0.3 is 17.2 Å². The Morgan fingerprint density at radius 2 is 1.89 bits per heavy atom. The molecule has 0 saturated heterocycles. The predicted octanol–water partition coefficient (Wildman–Crippen LogP) is 2.69. The molecule has 0 atom stereocenters. The molecule has 0 aliphatic heterocycles. The number of aromatic nitrogens is 1. The summed E-state index contributed by atoms with van der Waals surface area (Å²) in [5.41, 5.74) is 0.944. The molecule has 0 bridgehead atoms. The summed E-state index contributed by atoms with van der Waals surface area (Å²) in [6.45, 7) is 1.33. The maximum atomic E-state index is 12.1. The summed E-state index contributed by atoms with van der Waals surface area (Å²) < 4.78 is 46.1. The van der Waals surface area contributed by atoms with Gasteiger partial charge in [0.25, 0.3) is 5.91 Å². The molecule has 1 aromatic carbocycles. The SMILES string of the molecule is Cc1csc(=O)n1CCC(=O)OCC(=O)Nc1ccc(OC(F)(F)F)cc1. The van der Waals surface area contributed by atoms with E-state index in [1.54, 1.807) is 12.3 Å². The number of carbonyl (C=O) groups is 2. The number of rotatable bonds is 7. The fourth-order valence-electron chi connectivity index (χ4n) is 2.03. The number of benzene rings is 1. The van der Waals surface area contributed by atoms with E-state index in [1.807, 2.05) is 0 Å². The van der Waals surface area contributed by atoms with Gasteiger partial charge in [-0.1, -0.05) is 11.3 Å². The molecule has 11 heteroatoms. The van der Waals surface area contributed by atoms with E-state index in [4.69, 9.17) is 4.74 Å². The van der Waals surface area contributed by atoms with Crippen molar-refractivity contribution >= 4 is 28.9 Å². The van der Waals surface area contributed by atoms with Crippen LogP contribution >= 0.6 is 11.3 Å². The molecule has 0 spiro atoms. The highest BCUT2D eigenvalue weighted by Crippen LogP contribution is 2.23. The largest absolute Gasteiger partial charge is 0.573 e. The molecular formula is C16H15F3N2O5S. The van der Waals surface area contributed by atoms with Crippen molar-refractivity contribution in [3.05, 3.63) is 45.0 Å². The Labute approximate surface area is 155 Å². The second-order valence-corrected chi connectivity index (χ2v) is 6.15. The van der Waals surface area contributed by atoms with Crippen molar-refractivity contribution in [2.75, 3.05) is 11.9 Å². The van der Waals surface area contributed by atoms with Gasteiger partial charge in [-0.2, -0.15) is 0 Å². The van der Waals surface area contributed by atoms with E-state index in [-0.39, 0.29) is 23.5 Å². The number of nitrogens with one attached hydrogen (secondary N) is 1. The van der Waals surface area contributed by atoms with E-state index < -0.39 is 30.6 Å². The zero-order valence-electron chi connectivity index (χ0n) is 14.0. The van der Waals surface area contributed by atoms with Crippen LogP contribution in [0.4, 0.5) is 18.9 Å². The van der Waals surface area contributed by atoms with Gasteiger partial charge in [-0.3, -0.25) is 14.4 Å². The number of amides is 1. The van der Waals surface area contributed by atoms with Gasteiger partial charge in [0.2, 0.25) is 0 Å². The lowest BCUT2D eigenvalue weighted by atomic mass is 10.3. The van der Waals surface area contributed by atoms with Gasteiger partial charge in [0.05, 0.1) is 6.42 Å². The van der Waals surface area contributed by atoms with Crippen molar-refractivity contribution in [1.82, 2.24) is 4.57 Å². The second kappa shape index (κ2) is 8.71. The van der Waals surface area contributed by atoms with Crippen LogP contribution in [-0.4, -0.2) is 29.4 Å². The summed E-state index contributed by atoms with van der Waals surface area (Å²) in [6.07, 6.45) is -4.88. The number of esters is 1. The van der Waals surface area contributed by atoms with Gasteiger partial charge in [-0.25, -0.2) is 0 Å². The molecule has 1 heterocycles. The highest BCUT2D eigenvalue weighted by Gasteiger charge is 2.30. The van der Waals surface area contributed by atoms with Crippen LogP contribution in [0.1, 0.15) is 12.1 Å². The van der Waals surface area contributed by atoms with Crippen LogP contribution in [0.5, 0.6) is 5.75 Å². The number of halogens is 3. The molecule has 0 radical (unpaired) electrons. The third-order valence-electron chi connectivity index (χ3n) is 3.25. The Hall–Kier alpha value is -2.82. The number of anilines is 1. The molecule has 146 valence electrons. The predicted molar refractivity (Wildman–Crippen MR) is 90.6 cm³/mol. The van der Waals surface area contributed by atoms with E-state index in [2.05, 4.69) is 10.1 Å². The average Bonchev–Trinajstić information content (AvgIpc) is 2.90. The van der Waals surface area contributed by atoms with E-state index >= 15 is 0 Å². The first-order valence-corrected chi connectivity index (χ1v) is 8.48. The number of carbonyl (C=O) groups excluding carboxylic acids is 2. The van der Waals surface area contributed by atoms with Gasteiger partial charge in [-0.15, -0.1) is 13.2 Å². The first kappa shape index (κ1) is 20.5. The summed E-state index contributed by atoms with van der Waals surface area (Å²) >= 11 is 1.03.